The number of carbonyl (C=O) groups excluding carboxylic acids is 1. The van der Waals surface area contributed by atoms with Crippen LogP contribution < -0.4 is 5.32 Å². The molecule has 8 heteroatoms. The average Bonchev–Trinajstić information content (AvgIpc) is 2.63. The Kier molecular flexibility index (Phi) is 6.77. The second-order valence-electron chi connectivity index (χ2n) is 6.44. The van der Waals surface area contributed by atoms with Gasteiger partial charge in [-0.05, 0) is 37.1 Å². The lowest BCUT2D eigenvalue weighted by atomic mass is 9.78. The van der Waals surface area contributed by atoms with Gasteiger partial charge < -0.3 is 10.4 Å². The van der Waals surface area contributed by atoms with E-state index in [1.54, 1.807) is 13.8 Å². The summed E-state index contributed by atoms with van der Waals surface area (Å²) in [5, 5.41) is 12.0. The van der Waals surface area contributed by atoms with E-state index in [9.17, 15) is 23.1 Å². The number of hydrogen-bond donors (Lipinski definition) is 2. The van der Waals surface area contributed by atoms with Crippen LogP contribution >= 0.6 is 0 Å². The quantitative estimate of drug-likeness (QED) is 0.754. The van der Waals surface area contributed by atoms with Gasteiger partial charge in [0, 0.05) is 18.8 Å². The van der Waals surface area contributed by atoms with Crippen LogP contribution in [0.3, 0.4) is 0 Å². The molecule has 0 unspecified atom stereocenters. The van der Waals surface area contributed by atoms with Crippen LogP contribution in [0.15, 0.2) is 29.2 Å². The topological polar surface area (TPSA) is 104 Å². The van der Waals surface area contributed by atoms with Crippen molar-refractivity contribution in [2.45, 2.75) is 44.4 Å². The fourth-order valence-electron chi connectivity index (χ4n) is 3.40. The summed E-state index contributed by atoms with van der Waals surface area (Å²) in [6.45, 7) is 4.32. The van der Waals surface area contributed by atoms with Gasteiger partial charge in [0.15, 0.2) is 0 Å². The van der Waals surface area contributed by atoms with Crippen molar-refractivity contribution in [2.75, 3.05) is 18.4 Å². The van der Waals surface area contributed by atoms with Gasteiger partial charge in [-0.1, -0.05) is 26.7 Å². The summed E-state index contributed by atoms with van der Waals surface area (Å²) >= 11 is 0. The van der Waals surface area contributed by atoms with Crippen LogP contribution in [0.25, 0.3) is 0 Å². The van der Waals surface area contributed by atoms with Crippen molar-refractivity contribution in [3.8, 4) is 0 Å². The average molecular weight is 382 g/mol. The first-order valence-corrected chi connectivity index (χ1v) is 10.4. The molecule has 0 aromatic heterocycles. The van der Waals surface area contributed by atoms with E-state index in [1.807, 2.05) is 0 Å². The maximum absolute atomic E-state index is 12.5. The van der Waals surface area contributed by atoms with Gasteiger partial charge in [0.2, 0.25) is 15.9 Å². The molecule has 0 bridgehead atoms. The smallest absolute Gasteiger partial charge is 0.307 e. The van der Waals surface area contributed by atoms with Gasteiger partial charge in [-0.2, -0.15) is 4.31 Å². The van der Waals surface area contributed by atoms with Gasteiger partial charge in [0.05, 0.1) is 16.7 Å². The first-order chi connectivity index (χ1) is 12.3. The molecule has 0 radical (unpaired) electrons. The number of nitrogens with zero attached hydrogens (tertiary/aromatic N) is 1. The Morgan fingerprint density at radius 3 is 2.12 bits per heavy atom. The van der Waals surface area contributed by atoms with Crippen LogP contribution in [0, 0.1) is 11.8 Å². The highest BCUT2D eigenvalue weighted by Gasteiger charge is 2.35. The SMILES string of the molecule is CCN(CC)S(=O)(=O)c1ccc(NC(=O)[C@@H]2CCCC[C@@H]2C(=O)O)cc1. The van der Waals surface area contributed by atoms with Crippen molar-refractivity contribution in [3.63, 3.8) is 0 Å². The summed E-state index contributed by atoms with van der Waals surface area (Å²) in [5.41, 5.74) is 0.461. The molecule has 1 amide bonds. The molecule has 1 aromatic carbocycles. The van der Waals surface area contributed by atoms with Crippen LogP contribution in [-0.4, -0.2) is 42.8 Å². The predicted molar refractivity (Wildman–Crippen MR) is 98.3 cm³/mol. The summed E-state index contributed by atoms with van der Waals surface area (Å²) in [4.78, 5) is 24.0. The van der Waals surface area contributed by atoms with Crippen LogP contribution in [0.4, 0.5) is 5.69 Å². The zero-order valence-corrected chi connectivity index (χ0v) is 16.0. The van der Waals surface area contributed by atoms with Crippen molar-refractivity contribution >= 4 is 27.6 Å². The lowest BCUT2D eigenvalue weighted by Crippen LogP contribution is -2.36. The van der Waals surface area contributed by atoms with E-state index in [1.165, 1.54) is 28.6 Å². The number of nitrogens with one attached hydrogen (secondary N) is 1. The highest BCUT2D eigenvalue weighted by molar-refractivity contribution is 7.89. The molecule has 1 aliphatic carbocycles. The minimum atomic E-state index is -3.54. The van der Waals surface area contributed by atoms with E-state index in [0.29, 0.717) is 31.6 Å². The number of amides is 1. The second kappa shape index (κ2) is 8.64. The molecule has 2 rings (SSSR count). The number of carboxylic acids is 1. The number of benzene rings is 1. The number of carbonyl (C=O) groups is 2. The Balaban J connectivity index is 2.11. The molecule has 26 heavy (non-hydrogen) atoms. The van der Waals surface area contributed by atoms with E-state index < -0.39 is 27.8 Å². The zero-order valence-electron chi connectivity index (χ0n) is 15.1. The maximum atomic E-state index is 12.5. The summed E-state index contributed by atoms with van der Waals surface area (Å²) in [7, 11) is -3.54. The summed E-state index contributed by atoms with van der Waals surface area (Å²) < 4.78 is 26.3. The lowest BCUT2D eigenvalue weighted by Gasteiger charge is -2.27. The van der Waals surface area contributed by atoms with Crippen molar-refractivity contribution in [3.05, 3.63) is 24.3 Å². The van der Waals surface area contributed by atoms with Crippen molar-refractivity contribution in [1.29, 1.82) is 0 Å². The Labute approximate surface area is 154 Å². The van der Waals surface area contributed by atoms with Gasteiger partial charge in [-0.15, -0.1) is 0 Å². The molecule has 1 fully saturated rings. The molecule has 0 heterocycles. The number of hydrogen-bond acceptors (Lipinski definition) is 4. The second-order valence-corrected chi connectivity index (χ2v) is 8.38. The highest BCUT2D eigenvalue weighted by atomic mass is 32.2. The zero-order chi connectivity index (χ0) is 19.3. The van der Waals surface area contributed by atoms with Gasteiger partial charge in [-0.25, -0.2) is 8.42 Å². The summed E-state index contributed by atoms with van der Waals surface area (Å²) in [5.74, 6) is -2.48. The van der Waals surface area contributed by atoms with Crippen LogP contribution in [0.2, 0.25) is 0 Å². The normalized spacial score (nSPS) is 20.7. The third-order valence-electron chi connectivity index (χ3n) is 4.88. The molecular weight excluding hydrogens is 356 g/mol. The standard InChI is InChI=1S/C18H26N2O5S/c1-3-20(4-2)26(24,25)14-11-9-13(10-12-14)19-17(21)15-7-5-6-8-16(15)18(22)23/h9-12,15-16H,3-8H2,1-2H3,(H,19,21)(H,22,23)/t15-,16+/m1/s1. The molecule has 0 saturated heterocycles. The third-order valence-corrected chi connectivity index (χ3v) is 6.95. The van der Waals surface area contributed by atoms with E-state index in [-0.39, 0.29) is 10.8 Å². The first-order valence-electron chi connectivity index (χ1n) is 8.95. The van der Waals surface area contributed by atoms with Crippen molar-refractivity contribution in [2.24, 2.45) is 11.8 Å². The maximum Gasteiger partial charge on any atom is 0.307 e. The molecule has 0 spiro atoms. The van der Waals surface area contributed by atoms with Crippen LogP contribution in [0.5, 0.6) is 0 Å². The largest absolute Gasteiger partial charge is 0.481 e. The van der Waals surface area contributed by atoms with E-state index in [0.717, 1.165) is 12.8 Å². The van der Waals surface area contributed by atoms with Crippen LogP contribution in [0.1, 0.15) is 39.5 Å². The fraction of sp³-hybridized carbons (Fsp3) is 0.556. The Morgan fingerprint density at radius 2 is 1.62 bits per heavy atom. The van der Waals surface area contributed by atoms with Gasteiger partial charge >= 0.3 is 5.97 Å². The lowest BCUT2D eigenvalue weighted by molar-refractivity contribution is -0.147. The molecular formula is C18H26N2O5S. The van der Waals surface area contributed by atoms with Crippen LogP contribution in [-0.2, 0) is 19.6 Å². The Morgan fingerprint density at radius 1 is 1.08 bits per heavy atom. The van der Waals surface area contributed by atoms with E-state index >= 15 is 0 Å². The van der Waals surface area contributed by atoms with Crippen molar-refractivity contribution in [1.82, 2.24) is 4.31 Å². The van der Waals surface area contributed by atoms with Gasteiger partial charge in [0.25, 0.3) is 0 Å². The number of aliphatic carboxylic acids is 1. The number of rotatable bonds is 7. The molecule has 0 aliphatic heterocycles. The van der Waals surface area contributed by atoms with E-state index in [2.05, 4.69) is 5.32 Å². The summed E-state index contributed by atoms with van der Waals surface area (Å²) in [6, 6.07) is 5.98. The fourth-order valence-corrected chi connectivity index (χ4v) is 4.86. The monoisotopic (exact) mass is 382 g/mol. The highest BCUT2D eigenvalue weighted by Crippen LogP contribution is 2.31. The predicted octanol–water partition coefficient (Wildman–Crippen LogP) is 2.55. The Bertz CT molecular complexity index is 741. The Hall–Kier alpha value is -1.93. The molecule has 2 N–H and O–H groups in total. The minimum absolute atomic E-state index is 0.167. The molecule has 2 atom stereocenters. The number of carboxylic acid groups (broad SMARTS) is 1. The summed E-state index contributed by atoms with van der Waals surface area (Å²) in [6.07, 6.45) is 2.72. The minimum Gasteiger partial charge on any atom is -0.481 e. The molecule has 1 aliphatic rings. The first kappa shape index (κ1) is 20.4. The number of anilines is 1. The molecule has 144 valence electrons. The van der Waals surface area contributed by atoms with Gasteiger partial charge in [0.1, 0.15) is 0 Å². The van der Waals surface area contributed by atoms with E-state index in [4.69, 9.17) is 0 Å². The molecule has 1 aromatic rings. The van der Waals surface area contributed by atoms with Crippen molar-refractivity contribution < 1.29 is 23.1 Å². The third kappa shape index (κ3) is 4.42. The van der Waals surface area contributed by atoms with Gasteiger partial charge in [-0.3, -0.25) is 9.59 Å². The molecule has 1 saturated carbocycles. The number of sulfonamides is 1. The molecule has 7 nitrogen and oxygen atoms in total.